The summed E-state index contributed by atoms with van der Waals surface area (Å²) < 4.78 is 17.1. The fraction of sp³-hybridized carbons (Fsp3) is 0.300. The average Bonchev–Trinajstić information content (AvgIpc) is 2.99. The second kappa shape index (κ2) is 13.1. The number of fused-ring (bicyclic) bond motifs is 1. The summed E-state index contributed by atoms with van der Waals surface area (Å²) in [5.41, 5.74) is 9.34. The molecule has 4 N–H and O–H groups in total. The molecule has 0 spiro atoms. The van der Waals surface area contributed by atoms with Crippen molar-refractivity contribution in [1.29, 1.82) is 0 Å². The molecule has 0 aliphatic carbocycles. The summed E-state index contributed by atoms with van der Waals surface area (Å²) in [5.74, 6) is 1.76. The van der Waals surface area contributed by atoms with E-state index in [9.17, 15) is 4.79 Å². The van der Waals surface area contributed by atoms with Crippen molar-refractivity contribution in [3.8, 4) is 11.5 Å². The number of hydrogen-bond donors (Lipinski definition) is 3. The van der Waals surface area contributed by atoms with Crippen LogP contribution >= 0.6 is 0 Å². The van der Waals surface area contributed by atoms with Crippen LogP contribution in [0.2, 0.25) is 0 Å². The number of nitrogens with one attached hydrogen (secondary N) is 2. The van der Waals surface area contributed by atoms with Gasteiger partial charge in [-0.15, -0.1) is 0 Å². The first-order valence-corrected chi connectivity index (χ1v) is 13.3. The highest BCUT2D eigenvalue weighted by atomic mass is 16.5. The molecule has 4 aromatic rings. The van der Waals surface area contributed by atoms with Crippen molar-refractivity contribution < 1.29 is 19.0 Å². The number of aromatic nitrogens is 2. The first-order valence-electron chi connectivity index (χ1n) is 13.3. The van der Waals surface area contributed by atoms with E-state index in [0.717, 1.165) is 55.7 Å². The molecule has 1 aromatic heterocycles. The van der Waals surface area contributed by atoms with Crippen LogP contribution in [0.3, 0.4) is 0 Å². The van der Waals surface area contributed by atoms with E-state index in [-0.39, 0.29) is 5.91 Å². The molecule has 40 heavy (non-hydrogen) atoms. The lowest BCUT2D eigenvalue weighted by molar-refractivity contribution is 0.0357. The molecule has 3 aromatic carbocycles. The van der Waals surface area contributed by atoms with E-state index < -0.39 is 0 Å². The van der Waals surface area contributed by atoms with Crippen LogP contribution in [0.4, 0.5) is 17.2 Å². The monoisotopic (exact) mass is 542 g/mol. The van der Waals surface area contributed by atoms with Gasteiger partial charge in [-0.1, -0.05) is 24.3 Å². The third-order valence-electron chi connectivity index (χ3n) is 6.79. The van der Waals surface area contributed by atoms with Gasteiger partial charge in [0.1, 0.15) is 12.1 Å². The Morgan fingerprint density at radius 2 is 1.85 bits per heavy atom. The van der Waals surface area contributed by atoms with E-state index >= 15 is 0 Å². The Labute approximate surface area is 233 Å². The van der Waals surface area contributed by atoms with Gasteiger partial charge in [0.15, 0.2) is 11.5 Å². The SMILES string of the molecule is COc1cc2ncnc(NCc3ccc(C(=O)Nc4ccccc4N)cc3)c2cc1OCCCN1CCOCC1. The maximum Gasteiger partial charge on any atom is 0.255 e. The molecule has 10 nitrogen and oxygen atoms in total. The van der Waals surface area contributed by atoms with Crippen molar-refractivity contribution in [1.82, 2.24) is 14.9 Å². The highest BCUT2D eigenvalue weighted by Crippen LogP contribution is 2.34. The maximum atomic E-state index is 12.6. The van der Waals surface area contributed by atoms with Crippen molar-refractivity contribution >= 4 is 34.0 Å². The zero-order chi connectivity index (χ0) is 27.7. The first kappa shape index (κ1) is 27.2. The highest BCUT2D eigenvalue weighted by molar-refractivity contribution is 6.05. The zero-order valence-electron chi connectivity index (χ0n) is 22.6. The molecule has 0 saturated carbocycles. The van der Waals surface area contributed by atoms with Crippen LogP contribution in [0, 0.1) is 0 Å². The van der Waals surface area contributed by atoms with Gasteiger partial charge in [0, 0.05) is 43.2 Å². The van der Waals surface area contributed by atoms with Gasteiger partial charge in [0.2, 0.25) is 0 Å². The number of benzene rings is 3. The smallest absolute Gasteiger partial charge is 0.255 e. The number of carbonyl (C=O) groups excluding carboxylic acids is 1. The number of nitrogen functional groups attached to an aromatic ring is 1. The number of amides is 1. The zero-order valence-corrected chi connectivity index (χ0v) is 22.6. The topological polar surface area (TPSA) is 124 Å². The molecule has 0 atom stereocenters. The van der Waals surface area contributed by atoms with Gasteiger partial charge >= 0.3 is 0 Å². The quantitative estimate of drug-likeness (QED) is 0.189. The number of nitrogens with two attached hydrogens (primary N) is 1. The largest absolute Gasteiger partial charge is 0.493 e. The number of rotatable bonds is 11. The molecular weight excluding hydrogens is 508 g/mol. The lowest BCUT2D eigenvalue weighted by atomic mass is 10.1. The predicted molar refractivity (Wildman–Crippen MR) is 156 cm³/mol. The minimum atomic E-state index is -0.217. The lowest BCUT2D eigenvalue weighted by Gasteiger charge is -2.26. The molecule has 0 bridgehead atoms. The van der Waals surface area contributed by atoms with Gasteiger partial charge < -0.3 is 30.6 Å². The number of morpholine rings is 1. The lowest BCUT2D eigenvalue weighted by Crippen LogP contribution is -2.37. The first-order chi connectivity index (χ1) is 19.6. The molecule has 5 rings (SSSR count). The summed E-state index contributed by atoms with van der Waals surface area (Å²) in [4.78, 5) is 23.9. The van der Waals surface area contributed by atoms with E-state index in [2.05, 4.69) is 25.5 Å². The number of ether oxygens (including phenoxy) is 3. The second-order valence-corrected chi connectivity index (χ2v) is 9.49. The Morgan fingerprint density at radius 3 is 2.62 bits per heavy atom. The van der Waals surface area contributed by atoms with Crippen molar-refractivity contribution in [3.63, 3.8) is 0 Å². The Bertz CT molecular complexity index is 1440. The van der Waals surface area contributed by atoms with Crippen LogP contribution in [-0.4, -0.2) is 67.3 Å². The molecular formula is C30H34N6O4. The van der Waals surface area contributed by atoms with E-state index in [4.69, 9.17) is 19.9 Å². The summed E-state index contributed by atoms with van der Waals surface area (Å²) in [7, 11) is 1.63. The molecule has 1 saturated heterocycles. The molecule has 10 heteroatoms. The maximum absolute atomic E-state index is 12.6. The number of carbonyl (C=O) groups is 1. The van der Waals surface area contributed by atoms with Crippen LogP contribution in [0.25, 0.3) is 10.9 Å². The van der Waals surface area contributed by atoms with Gasteiger partial charge in [-0.25, -0.2) is 9.97 Å². The predicted octanol–water partition coefficient (Wildman–Crippen LogP) is 4.19. The van der Waals surface area contributed by atoms with Crippen LogP contribution in [-0.2, 0) is 11.3 Å². The fourth-order valence-corrected chi connectivity index (χ4v) is 4.54. The molecule has 1 fully saturated rings. The van der Waals surface area contributed by atoms with E-state index in [1.807, 2.05) is 36.4 Å². The number of anilines is 3. The van der Waals surface area contributed by atoms with E-state index in [1.165, 1.54) is 6.33 Å². The fourth-order valence-electron chi connectivity index (χ4n) is 4.54. The van der Waals surface area contributed by atoms with Crippen molar-refractivity contribution in [3.05, 3.63) is 78.1 Å². The Kier molecular flexibility index (Phi) is 8.89. The van der Waals surface area contributed by atoms with Gasteiger partial charge in [0.05, 0.1) is 43.8 Å². The van der Waals surface area contributed by atoms with Crippen molar-refractivity contribution in [2.45, 2.75) is 13.0 Å². The van der Waals surface area contributed by atoms with Crippen LogP contribution in [0.15, 0.2) is 67.0 Å². The molecule has 1 aliphatic heterocycles. The average molecular weight is 543 g/mol. The third kappa shape index (κ3) is 6.77. The van der Waals surface area contributed by atoms with Crippen molar-refractivity contribution in [2.75, 3.05) is 62.9 Å². The Balaban J connectivity index is 1.22. The summed E-state index contributed by atoms with van der Waals surface area (Å²) in [6.45, 7) is 5.56. The van der Waals surface area contributed by atoms with Crippen LogP contribution in [0.5, 0.6) is 11.5 Å². The summed E-state index contributed by atoms with van der Waals surface area (Å²) >= 11 is 0. The number of para-hydroxylation sites is 2. The number of nitrogens with zero attached hydrogens (tertiary/aromatic N) is 3. The van der Waals surface area contributed by atoms with Crippen molar-refractivity contribution in [2.24, 2.45) is 0 Å². The van der Waals surface area contributed by atoms with Gasteiger partial charge in [-0.2, -0.15) is 0 Å². The normalized spacial score (nSPS) is 13.6. The van der Waals surface area contributed by atoms with Gasteiger partial charge in [-0.3, -0.25) is 9.69 Å². The molecule has 208 valence electrons. The standard InChI is InChI=1S/C30H34N6O4/c1-38-27-18-26-23(17-28(27)40-14-4-11-36-12-15-39-16-13-36)29(34-20-33-26)32-19-21-7-9-22(10-8-21)30(37)35-25-6-3-2-5-24(25)31/h2-3,5-10,17-18,20H,4,11-16,19,31H2,1H3,(H,35,37)(H,32,33,34). The molecule has 1 amide bonds. The molecule has 0 radical (unpaired) electrons. The molecule has 0 unspecified atom stereocenters. The second-order valence-electron chi connectivity index (χ2n) is 9.49. The minimum Gasteiger partial charge on any atom is -0.493 e. The van der Waals surface area contributed by atoms with Crippen LogP contribution < -0.4 is 25.8 Å². The Hall–Kier alpha value is -4.41. The Morgan fingerprint density at radius 1 is 1.05 bits per heavy atom. The summed E-state index contributed by atoms with van der Waals surface area (Å²) in [5, 5.41) is 7.08. The van der Waals surface area contributed by atoms with Gasteiger partial charge in [0.25, 0.3) is 5.91 Å². The molecule has 1 aliphatic rings. The summed E-state index contributed by atoms with van der Waals surface area (Å²) in [6, 6.07) is 18.4. The highest BCUT2D eigenvalue weighted by Gasteiger charge is 2.14. The molecule has 2 heterocycles. The van der Waals surface area contributed by atoms with Gasteiger partial charge in [-0.05, 0) is 42.3 Å². The van der Waals surface area contributed by atoms with E-state index in [1.54, 1.807) is 31.4 Å². The van der Waals surface area contributed by atoms with Crippen LogP contribution in [0.1, 0.15) is 22.3 Å². The minimum absolute atomic E-state index is 0.217. The number of methoxy groups -OCH3 is 1. The third-order valence-corrected chi connectivity index (χ3v) is 6.79. The number of hydrogen-bond acceptors (Lipinski definition) is 9. The summed E-state index contributed by atoms with van der Waals surface area (Å²) in [6.07, 6.45) is 2.43. The van der Waals surface area contributed by atoms with E-state index in [0.29, 0.717) is 47.4 Å².